The molecule has 0 radical (unpaired) electrons. The smallest absolute Gasteiger partial charge is 0.149 e. The molecule has 146 valence electrons. The Kier molecular flexibility index (Phi) is 5.35. The average Bonchev–Trinajstić information content (AvgIpc) is 2.79. The van der Waals surface area contributed by atoms with E-state index in [1.165, 1.54) is 5.56 Å². The zero-order valence-electron chi connectivity index (χ0n) is 17.4. The Morgan fingerprint density at radius 3 is 2.83 bits per heavy atom. The Labute approximate surface area is 173 Å². The third kappa shape index (κ3) is 4.39. The SMILES string of the molecule is [2H]c1cc(C#N)ccc1[C@@H](C)CN[C@@H](c1ccccc1)[C@H]1CNc2cccnc2N1. The summed E-state index contributed by atoms with van der Waals surface area (Å²) < 4.78 is 8.26. The first-order chi connectivity index (χ1) is 14.7. The summed E-state index contributed by atoms with van der Waals surface area (Å²) in [5.74, 6) is 1.00. The van der Waals surface area contributed by atoms with Crippen molar-refractivity contribution >= 4 is 11.5 Å². The molecule has 0 bridgehead atoms. The highest BCUT2D eigenvalue weighted by Gasteiger charge is 2.27. The summed E-state index contributed by atoms with van der Waals surface area (Å²) in [7, 11) is 0. The maximum atomic E-state index is 9.04. The normalized spacial score (nSPS) is 17.7. The van der Waals surface area contributed by atoms with Crippen LogP contribution in [0.25, 0.3) is 0 Å². The van der Waals surface area contributed by atoms with E-state index in [2.05, 4.69) is 58.2 Å². The number of aromatic nitrogens is 1. The number of anilines is 2. The Balaban J connectivity index is 1.52. The average molecular weight is 385 g/mol. The minimum absolute atomic E-state index is 0.0730. The first kappa shape index (κ1) is 17.7. The van der Waals surface area contributed by atoms with Gasteiger partial charge in [0.25, 0.3) is 0 Å². The van der Waals surface area contributed by atoms with Crippen LogP contribution in [0.3, 0.4) is 0 Å². The van der Waals surface area contributed by atoms with Gasteiger partial charge in [-0.25, -0.2) is 4.98 Å². The van der Waals surface area contributed by atoms with Crippen LogP contribution >= 0.6 is 0 Å². The van der Waals surface area contributed by atoms with Crippen LogP contribution < -0.4 is 16.0 Å². The van der Waals surface area contributed by atoms with Crippen molar-refractivity contribution < 1.29 is 1.37 Å². The molecule has 1 aliphatic heterocycles. The number of fused-ring (bicyclic) bond motifs is 1. The second-order valence-electron chi connectivity index (χ2n) is 7.37. The van der Waals surface area contributed by atoms with Crippen molar-refractivity contribution in [2.75, 3.05) is 23.7 Å². The quantitative estimate of drug-likeness (QED) is 0.591. The number of pyridine rings is 1. The van der Waals surface area contributed by atoms with Gasteiger partial charge in [-0.1, -0.05) is 49.4 Å². The largest absolute Gasteiger partial charge is 0.380 e. The van der Waals surface area contributed by atoms with Crippen LogP contribution in [0.1, 0.15) is 36.9 Å². The van der Waals surface area contributed by atoms with Crippen molar-refractivity contribution in [3.8, 4) is 6.07 Å². The molecule has 0 fully saturated rings. The van der Waals surface area contributed by atoms with Gasteiger partial charge in [-0.3, -0.25) is 0 Å². The van der Waals surface area contributed by atoms with E-state index in [4.69, 9.17) is 6.63 Å². The lowest BCUT2D eigenvalue weighted by Crippen LogP contribution is -2.45. The molecule has 0 saturated heterocycles. The highest BCUT2D eigenvalue weighted by molar-refractivity contribution is 5.67. The number of hydrogen-bond acceptors (Lipinski definition) is 5. The van der Waals surface area contributed by atoms with E-state index in [9.17, 15) is 0 Å². The topological polar surface area (TPSA) is 72.8 Å². The van der Waals surface area contributed by atoms with Crippen LogP contribution in [0.4, 0.5) is 11.5 Å². The molecular formula is C24H25N5. The van der Waals surface area contributed by atoms with Crippen molar-refractivity contribution in [2.24, 2.45) is 0 Å². The zero-order valence-corrected chi connectivity index (χ0v) is 16.4. The molecule has 1 aliphatic rings. The molecule has 2 aromatic carbocycles. The van der Waals surface area contributed by atoms with E-state index in [1.807, 2.05) is 24.3 Å². The minimum Gasteiger partial charge on any atom is -0.380 e. The van der Waals surface area contributed by atoms with E-state index >= 15 is 0 Å². The van der Waals surface area contributed by atoms with Gasteiger partial charge in [0.2, 0.25) is 0 Å². The third-order valence-corrected chi connectivity index (χ3v) is 5.34. The fraction of sp³-hybridized carbons (Fsp3) is 0.250. The molecule has 29 heavy (non-hydrogen) atoms. The Hall–Kier alpha value is -3.36. The standard InChI is InChI=1S/C24H25N5/c1-17(19-11-9-18(14-25)10-12-19)15-28-23(20-6-3-2-4-7-20)22-16-27-21-8-5-13-26-24(21)29-22/h2-13,17,22-23,27-28H,15-16H2,1H3,(H,26,29)/t17-,22+,23-/m0/s1/i11D. The van der Waals surface area contributed by atoms with Crippen LogP contribution in [0.5, 0.6) is 0 Å². The van der Waals surface area contributed by atoms with Gasteiger partial charge < -0.3 is 16.0 Å². The van der Waals surface area contributed by atoms with Gasteiger partial charge in [-0.15, -0.1) is 0 Å². The van der Waals surface area contributed by atoms with Gasteiger partial charge in [0.15, 0.2) is 0 Å². The predicted molar refractivity (Wildman–Crippen MR) is 117 cm³/mol. The lowest BCUT2D eigenvalue weighted by Gasteiger charge is -2.35. The van der Waals surface area contributed by atoms with Gasteiger partial charge in [-0.05, 0) is 41.3 Å². The van der Waals surface area contributed by atoms with Crippen molar-refractivity contribution in [1.29, 1.82) is 5.26 Å². The summed E-state index contributed by atoms with van der Waals surface area (Å²) in [5.41, 5.74) is 3.68. The van der Waals surface area contributed by atoms with Gasteiger partial charge in [0, 0.05) is 19.3 Å². The van der Waals surface area contributed by atoms with Gasteiger partial charge in [0.1, 0.15) is 5.82 Å². The van der Waals surface area contributed by atoms with E-state index in [1.54, 1.807) is 18.3 Å². The van der Waals surface area contributed by atoms with Gasteiger partial charge in [0.05, 0.1) is 30.8 Å². The van der Waals surface area contributed by atoms with Crippen molar-refractivity contribution in [3.63, 3.8) is 0 Å². The lowest BCUT2D eigenvalue weighted by atomic mass is 9.95. The van der Waals surface area contributed by atoms with Gasteiger partial charge >= 0.3 is 0 Å². The molecule has 2 heterocycles. The molecule has 3 N–H and O–H groups in total. The molecular weight excluding hydrogens is 358 g/mol. The third-order valence-electron chi connectivity index (χ3n) is 5.34. The molecule has 4 rings (SSSR count). The first-order valence-corrected chi connectivity index (χ1v) is 9.90. The van der Waals surface area contributed by atoms with Crippen molar-refractivity contribution in [1.82, 2.24) is 10.3 Å². The van der Waals surface area contributed by atoms with Crippen LogP contribution in [0.15, 0.2) is 72.9 Å². The van der Waals surface area contributed by atoms with Crippen LogP contribution in [0, 0.1) is 11.3 Å². The fourth-order valence-corrected chi connectivity index (χ4v) is 3.69. The maximum Gasteiger partial charge on any atom is 0.149 e. The second-order valence-corrected chi connectivity index (χ2v) is 7.37. The van der Waals surface area contributed by atoms with Crippen LogP contribution in [-0.2, 0) is 0 Å². The van der Waals surface area contributed by atoms with E-state index in [-0.39, 0.29) is 18.0 Å². The van der Waals surface area contributed by atoms with E-state index < -0.39 is 0 Å². The number of hydrogen-bond donors (Lipinski definition) is 3. The van der Waals surface area contributed by atoms with E-state index in [0.29, 0.717) is 18.2 Å². The highest BCUT2D eigenvalue weighted by Crippen LogP contribution is 2.29. The Morgan fingerprint density at radius 1 is 1.17 bits per heavy atom. The molecule has 3 aromatic rings. The summed E-state index contributed by atoms with van der Waals surface area (Å²) in [5, 5.41) is 19.8. The molecule has 0 saturated carbocycles. The van der Waals surface area contributed by atoms with Crippen LogP contribution in [-0.4, -0.2) is 24.1 Å². The molecule has 0 aliphatic carbocycles. The second kappa shape index (κ2) is 8.76. The molecule has 5 heteroatoms. The fourth-order valence-electron chi connectivity index (χ4n) is 3.69. The lowest BCUT2D eigenvalue weighted by molar-refractivity contribution is 0.453. The summed E-state index contributed by atoms with van der Waals surface area (Å²) in [6.07, 6.45) is 1.80. The molecule has 0 amide bonds. The van der Waals surface area contributed by atoms with Gasteiger partial charge in [-0.2, -0.15) is 5.26 Å². The Morgan fingerprint density at radius 2 is 2.03 bits per heavy atom. The monoisotopic (exact) mass is 384 g/mol. The summed E-state index contributed by atoms with van der Waals surface area (Å²) in [6, 6.07) is 22.4. The molecule has 0 unspecified atom stereocenters. The van der Waals surface area contributed by atoms with Crippen molar-refractivity contribution in [3.05, 3.63) is 89.6 Å². The molecule has 5 nitrogen and oxygen atoms in total. The zero-order chi connectivity index (χ0) is 20.9. The number of nitrogens with one attached hydrogen (secondary N) is 3. The summed E-state index contributed by atoms with van der Waals surface area (Å²) >= 11 is 0. The highest BCUT2D eigenvalue weighted by atomic mass is 15.2. The number of rotatable bonds is 6. The number of benzene rings is 2. The van der Waals surface area contributed by atoms with Crippen molar-refractivity contribution in [2.45, 2.75) is 24.9 Å². The Bertz CT molecular complexity index is 1050. The number of nitriles is 1. The molecule has 3 atom stereocenters. The number of nitrogens with zero attached hydrogens (tertiary/aromatic N) is 2. The van der Waals surface area contributed by atoms with E-state index in [0.717, 1.165) is 23.6 Å². The maximum absolute atomic E-state index is 9.04. The predicted octanol–water partition coefficient (Wildman–Crippen LogP) is 4.29. The molecule has 0 spiro atoms. The minimum atomic E-state index is 0.0730. The molecule has 1 aromatic heterocycles. The summed E-state index contributed by atoms with van der Waals surface area (Å²) in [4.78, 5) is 4.46. The summed E-state index contributed by atoms with van der Waals surface area (Å²) in [6.45, 7) is 3.60. The van der Waals surface area contributed by atoms with Crippen LogP contribution in [0.2, 0.25) is 0 Å². The first-order valence-electron chi connectivity index (χ1n) is 10.4.